The van der Waals surface area contributed by atoms with Crippen LogP contribution in [0.25, 0.3) is 10.9 Å². The van der Waals surface area contributed by atoms with E-state index in [1.54, 1.807) is 0 Å². The summed E-state index contributed by atoms with van der Waals surface area (Å²) in [5.74, 6) is 0.802. The molecule has 1 fully saturated rings. The van der Waals surface area contributed by atoms with Crippen LogP contribution in [0.3, 0.4) is 0 Å². The van der Waals surface area contributed by atoms with Crippen molar-refractivity contribution < 1.29 is 0 Å². The smallest absolute Gasteiger partial charge is 0.0702 e. The number of halogens is 1. The summed E-state index contributed by atoms with van der Waals surface area (Å²) in [5, 5.41) is 1.22. The number of nitrogens with zero attached hydrogens (tertiary/aromatic N) is 1. The van der Waals surface area contributed by atoms with Gasteiger partial charge in [-0.15, -0.1) is 12.4 Å². The third kappa shape index (κ3) is 2.04. The Kier molecular flexibility index (Phi) is 3.13. The SMILES string of the molecule is Cl.NCc1cnc2ccc(C3CC3)cc2c1. The van der Waals surface area contributed by atoms with Crippen molar-refractivity contribution in [3.05, 3.63) is 41.6 Å². The van der Waals surface area contributed by atoms with Gasteiger partial charge in [-0.1, -0.05) is 6.07 Å². The molecule has 1 aliphatic carbocycles. The Morgan fingerprint density at radius 1 is 1.25 bits per heavy atom. The van der Waals surface area contributed by atoms with Gasteiger partial charge >= 0.3 is 0 Å². The van der Waals surface area contributed by atoms with E-state index in [1.807, 2.05) is 6.20 Å². The predicted octanol–water partition coefficient (Wildman–Crippen LogP) is 2.99. The molecule has 0 saturated heterocycles. The zero-order valence-corrected chi connectivity index (χ0v) is 9.83. The molecule has 3 heteroatoms. The van der Waals surface area contributed by atoms with Crippen LogP contribution in [-0.2, 0) is 6.54 Å². The number of hydrogen-bond acceptors (Lipinski definition) is 2. The van der Waals surface area contributed by atoms with Crippen molar-refractivity contribution in [2.24, 2.45) is 5.73 Å². The Hall–Kier alpha value is -1.12. The van der Waals surface area contributed by atoms with Gasteiger partial charge in [0.1, 0.15) is 0 Å². The fourth-order valence-electron chi connectivity index (χ4n) is 1.98. The lowest BCUT2D eigenvalue weighted by atomic mass is 10.1. The summed E-state index contributed by atoms with van der Waals surface area (Å²) in [4.78, 5) is 4.39. The molecule has 0 bridgehead atoms. The highest BCUT2D eigenvalue weighted by molar-refractivity contribution is 5.85. The second-order valence-electron chi connectivity index (χ2n) is 4.27. The number of rotatable bonds is 2. The van der Waals surface area contributed by atoms with Crippen molar-refractivity contribution in [3.63, 3.8) is 0 Å². The monoisotopic (exact) mass is 234 g/mol. The van der Waals surface area contributed by atoms with Crippen molar-refractivity contribution in [1.82, 2.24) is 4.98 Å². The number of fused-ring (bicyclic) bond motifs is 1. The molecule has 2 nitrogen and oxygen atoms in total. The summed E-state index contributed by atoms with van der Waals surface area (Å²) in [6, 6.07) is 8.73. The van der Waals surface area contributed by atoms with Crippen LogP contribution in [0, 0.1) is 0 Å². The highest BCUT2D eigenvalue weighted by Gasteiger charge is 2.23. The van der Waals surface area contributed by atoms with Gasteiger partial charge in [-0.05, 0) is 48.1 Å². The normalized spacial score (nSPS) is 14.8. The third-order valence-corrected chi connectivity index (χ3v) is 3.05. The van der Waals surface area contributed by atoms with Gasteiger partial charge in [-0.25, -0.2) is 0 Å². The molecule has 1 aliphatic rings. The fraction of sp³-hybridized carbons (Fsp3) is 0.308. The van der Waals surface area contributed by atoms with E-state index in [9.17, 15) is 0 Å². The van der Waals surface area contributed by atoms with Crippen LogP contribution in [-0.4, -0.2) is 4.98 Å². The Bertz CT molecular complexity index is 506. The lowest BCUT2D eigenvalue weighted by Gasteiger charge is -2.03. The third-order valence-electron chi connectivity index (χ3n) is 3.05. The molecule has 1 saturated carbocycles. The zero-order chi connectivity index (χ0) is 10.3. The minimum atomic E-state index is 0. The summed E-state index contributed by atoms with van der Waals surface area (Å²) in [5.41, 5.74) is 9.24. The minimum absolute atomic E-state index is 0. The van der Waals surface area contributed by atoms with Crippen molar-refractivity contribution in [1.29, 1.82) is 0 Å². The van der Waals surface area contributed by atoms with E-state index in [4.69, 9.17) is 5.73 Å². The molecule has 1 heterocycles. The molecular weight excluding hydrogens is 220 g/mol. The summed E-state index contributed by atoms with van der Waals surface area (Å²) in [6.07, 6.45) is 4.55. The van der Waals surface area contributed by atoms with Crippen molar-refractivity contribution >= 4 is 23.3 Å². The molecular formula is C13H15ClN2. The first kappa shape index (κ1) is 11.4. The van der Waals surface area contributed by atoms with Crippen LogP contribution in [0.4, 0.5) is 0 Å². The van der Waals surface area contributed by atoms with E-state index >= 15 is 0 Å². The zero-order valence-electron chi connectivity index (χ0n) is 9.02. The van der Waals surface area contributed by atoms with Crippen LogP contribution in [0.2, 0.25) is 0 Å². The first-order chi connectivity index (χ1) is 7.36. The van der Waals surface area contributed by atoms with Gasteiger partial charge in [0.25, 0.3) is 0 Å². The maximum atomic E-state index is 5.61. The standard InChI is InChI=1S/C13H14N2.ClH/c14-7-9-5-12-6-11(10-1-2-10)3-4-13(12)15-8-9;/h3-6,8,10H,1-2,7,14H2;1H. The van der Waals surface area contributed by atoms with Gasteiger partial charge in [0.2, 0.25) is 0 Å². The van der Waals surface area contributed by atoms with Crippen LogP contribution in [0.1, 0.15) is 29.9 Å². The first-order valence-corrected chi connectivity index (χ1v) is 5.45. The molecule has 2 aromatic rings. The van der Waals surface area contributed by atoms with E-state index in [-0.39, 0.29) is 12.4 Å². The molecule has 0 spiro atoms. The molecule has 2 N–H and O–H groups in total. The molecule has 0 radical (unpaired) electrons. The van der Waals surface area contributed by atoms with E-state index in [0.717, 1.165) is 17.0 Å². The molecule has 0 atom stereocenters. The number of nitrogens with two attached hydrogens (primary N) is 1. The molecule has 3 rings (SSSR count). The maximum absolute atomic E-state index is 5.61. The van der Waals surface area contributed by atoms with Gasteiger partial charge in [-0.2, -0.15) is 0 Å². The Morgan fingerprint density at radius 3 is 2.75 bits per heavy atom. The summed E-state index contributed by atoms with van der Waals surface area (Å²) >= 11 is 0. The summed E-state index contributed by atoms with van der Waals surface area (Å²) in [6.45, 7) is 0.566. The average molecular weight is 235 g/mol. The molecule has 84 valence electrons. The molecule has 16 heavy (non-hydrogen) atoms. The van der Waals surface area contributed by atoms with Crippen molar-refractivity contribution in [2.75, 3.05) is 0 Å². The molecule has 1 aromatic carbocycles. The average Bonchev–Trinajstić information content (AvgIpc) is 3.11. The Labute approximate surface area is 101 Å². The van der Waals surface area contributed by atoms with Gasteiger partial charge < -0.3 is 5.73 Å². The summed E-state index contributed by atoms with van der Waals surface area (Å²) in [7, 11) is 0. The van der Waals surface area contributed by atoms with Crippen LogP contribution >= 0.6 is 12.4 Å². The summed E-state index contributed by atoms with van der Waals surface area (Å²) < 4.78 is 0. The van der Waals surface area contributed by atoms with Gasteiger partial charge in [0.15, 0.2) is 0 Å². The van der Waals surface area contributed by atoms with E-state index in [1.165, 1.54) is 23.8 Å². The molecule has 1 aromatic heterocycles. The number of benzene rings is 1. The van der Waals surface area contributed by atoms with Crippen LogP contribution in [0.15, 0.2) is 30.5 Å². The molecule has 0 aliphatic heterocycles. The Balaban J connectivity index is 0.000000963. The second-order valence-corrected chi connectivity index (χ2v) is 4.27. The van der Waals surface area contributed by atoms with Crippen LogP contribution in [0.5, 0.6) is 0 Å². The quantitative estimate of drug-likeness (QED) is 0.868. The first-order valence-electron chi connectivity index (χ1n) is 5.45. The predicted molar refractivity (Wildman–Crippen MR) is 68.9 cm³/mol. The maximum Gasteiger partial charge on any atom is 0.0702 e. The molecule has 0 unspecified atom stereocenters. The van der Waals surface area contributed by atoms with Gasteiger partial charge in [0, 0.05) is 18.1 Å². The van der Waals surface area contributed by atoms with Gasteiger partial charge in [0.05, 0.1) is 5.52 Å². The lowest BCUT2D eigenvalue weighted by Crippen LogP contribution is -1.96. The number of hydrogen-bond donors (Lipinski definition) is 1. The van der Waals surface area contributed by atoms with E-state index in [0.29, 0.717) is 6.54 Å². The molecule has 0 amide bonds. The van der Waals surface area contributed by atoms with E-state index in [2.05, 4.69) is 29.2 Å². The fourth-order valence-corrected chi connectivity index (χ4v) is 1.98. The van der Waals surface area contributed by atoms with E-state index < -0.39 is 0 Å². The largest absolute Gasteiger partial charge is 0.326 e. The number of aromatic nitrogens is 1. The minimum Gasteiger partial charge on any atom is -0.326 e. The highest BCUT2D eigenvalue weighted by atomic mass is 35.5. The Morgan fingerprint density at radius 2 is 2.06 bits per heavy atom. The number of pyridine rings is 1. The van der Waals surface area contributed by atoms with Crippen molar-refractivity contribution in [2.45, 2.75) is 25.3 Å². The van der Waals surface area contributed by atoms with Crippen LogP contribution < -0.4 is 5.73 Å². The van der Waals surface area contributed by atoms with Gasteiger partial charge in [-0.3, -0.25) is 4.98 Å². The lowest BCUT2D eigenvalue weighted by molar-refractivity contribution is 1.06. The topological polar surface area (TPSA) is 38.9 Å². The van der Waals surface area contributed by atoms with Crippen molar-refractivity contribution in [3.8, 4) is 0 Å². The second kappa shape index (κ2) is 4.40. The highest BCUT2D eigenvalue weighted by Crippen LogP contribution is 2.40.